The van der Waals surface area contributed by atoms with Gasteiger partial charge in [0.25, 0.3) is 4.83 Å². The minimum atomic E-state index is -4.94. The first-order valence-electron chi connectivity index (χ1n) is 5.24. The van der Waals surface area contributed by atoms with Gasteiger partial charge in [-0.05, 0) is 11.5 Å². The molecule has 0 bridgehead atoms. The summed E-state index contributed by atoms with van der Waals surface area (Å²) in [4.78, 5) is 1.31. The number of hydrogen-bond donors (Lipinski definition) is 0. The normalized spacial score (nSPS) is 11.4. The minimum Gasteiger partial charge on any atom is -0.222 e. The zero-order chi connectivity index (χ0) is 14.0. The van der Waals surface area contributed by atoms with Gasteiger partial charge in [-0.15, -0.1) is 10.2 Å². The second kappa shape index (κ2) is 5.38. The van der Waals surface area contributed by atoms with Gasteiger partial charge in [-0.1, -0.05) is 29.5 Å². The minimum absolute atomic E-state index is 1.30. The molecule has 0 atom stereocenters. The van der Waals surface area contributed by atoms with Crippen LogP contribution in [0.2, 0.25) is 0 Å². The number of aryl methyl sites for hydroxylation is 1. The van der Waals surface area contributed by atoms with Crippen LogP contribution in [0.3, 0.4) is 0 Å². The number of halogens is 1. The van der Waals surface area contributed by atoms with Crippen LogP contribution in [0.1, 0.15) is 5.69 Å². The summed E-state index contributed by atoms with van der Waals surface area (Å²) >= 11 is 1.79. The quantitative estimate of drug-likeness (QED) is 0.457. The van der Waals surface area contributed by atoms with Gasteiger partial charge in [-0.3, -0.25) is 0 Å². The molecule has 0 N–H and O–H groups in total. The van der Waals surface area contributed by atoms with E-state index in [4.69, 9.17) is 18.6 Å². The fraction of sp³-hybridized carbons (Fsp3) is 0.0833. The molecule has 2 heterocycles. The lowest BCUT2D eigenvalue weighted by Crippen LogP contribution is -2.68. The van der Waals surface area contributed by atoms with Gasteiger partial charge in [-0.2, -0.15) is 4.40 Å². The van der Waals surface area contributed by atoms with Gasteiger partial charge in [0, 0.05) is 18.4 Å². The molecule has 0 aliphatic carbocycles. The summed E-state index contributed by atoms with van der Waals surface area (Å²) in [6.45, 7) is 2.14. The van der Waals surface area contributed by atoms with Crippen LogP contribution in [-0.4, -0.2) is 0 Å². The van der Waals surface area contributed by atoms with Gasteiger partial charge in [-0.25, -0.2) is 18.6 Å². The van der Waals surface area contributed by atoms with E-state index in [2.05, 4.69) is 53.2 Å². The van der Waals surface area contributed by atoms with Crippen LogP contribution >= 0.6 is 11.3 Å². The maximum atomic E-state index is 8.49. The molecule has 100 valence electrons. The van der Waals surface area contributed by atoms with E-state index in [9.17, 15) is 0 Å². The molecule has 5 nitrogen and oxygen atoms in total. The van der Waals surface area contributed by atoms with Gasteiger partial charge in [0.1, 0.15) is 0 Å². The van der Waals surface area contributed by atoms with E-state index in [0.717, 1.165) is 0 Å². The van der Waals surface area contributed by atoms with Crippen molar-refractivity contribution < 1.29 is 33.3 Å². The van der Waals surface area contributed by atoms with Gasteiger partial charge < -0.3 is 0 Å². The molecule has 7 heteroatoms. The van der Waals surface area contributed by atoms with E-state index in [1.165, 1.54) is 21.3 Å². The van der Waals surface area contributed by atoms with E-state index >= 15 is 0 Å². The highest BCUT2D eigenvalue weighted by molar-refractivity contribution is 7.15. The Labute approximate surface area is 115 Å². The Bertz CT molecular complexity index is 702. The number of fused-ring (bicyclic) bond motifs is 2. The van der Waals surface area contributed by atoms with Crippen LogP contribution in [0.25, 0.3) is 15.6 Å². The van der Waals surface area contributed by atoms with Crippen LogP contribution in [0.4, 0.5) is 0 Å². The van der Waals surface area contributed by atoms with Crippen molar-refractivity contribution in [1.82, 2.24) is 0 Å². The van der Waals surface area contributed by atoms with E-state index in [-0.39, 0.29) is 0 Å². The second-order valence-electron chi connectivity index (χ2n) is 3.87. The first-order valence-corrected chi connectivity index (χ1v) is 7.36. The zero-order valence-electron chi connectivity index (χ0n) is 9.91. The second-order valence-corrected chi connectivity index (χ2v) is 5.51. The third kappa shape index (κ3) is 3.84. The largest absolute Gasteiger partial charge is 0.267 e. The number of hydrogen-bond acceptors (Lipinski definition) is 5. The lowest BCUT2D eigenvalue weighted by atomic mass is 10.2. The number of nitrogens with zero attached hydrogens (tertiary/aromatic N) is 1. The maximum absolute atomic E-state index is 8.49. The summed E-state index contributed by atoms with van der Waals surface area (Å²) in [5, 5.41) is 4.80. The fourth-order valence-electron chi connectivity index (χ4n) is 1.73. The number of aromatic nitrogens is 1. The summed E-state index contributed by atoms with van der Waals surface area (Å²) < 4.78 is 36.2. The molecule has 3 aromatic rings. The van der Waals surface area contributed by atoms with Gasteiger partial charge in [0.2, 0.25) is 0 Å². The molecule has 0 radical (unpaired) electrons. The third-order valence-corrected chi connectivity index (χ3v) is 3.53. The topological polar surface area (TPSA) is 96.3 Å². The van der Waals surface area contributed by atoms with Crippen LogP contribution < -0.4 is 23.0 Å². The highest BCUT2D eigenvalue weighted by atomic mass is 35.7. The lowest BCUT2D eigenvalue weighted by molar-refractivity contribution is -2.00. The molecule has 0 aliphatic heterocycles. The average Bonchev–Trinajstić information content (AvgIpc) is 2.66. The first kappa shape index (κ1) is 14.1. The molecule has 3 rings (SSSR count). The Morgan fingerprint density at radius 1 is 1.05 bits per heavy atom. The molecule has 0 spiro atoms. The predicted octanol–water partition coefficient (Wildman–Crippen LogP) is -1.81. The first-order chi connectivity index (χ1) is 8.84. The fourth-order valence-corrected chi connectivity index (χ4v) is 2.64. The molecule has 0 unspecified atom stereocenters. The molecular formula is C12H10ClNO4S. The van der Waals surface area contributed by atoms with Gasteiger partial charge >= 0.3 is 0 Å². The van der Waals surface area contributed by atoms with E-state index in [1.807, 2.05) is 0 Å². The van der Waals surface area contributed by atoms with Crippen molar-refractivity contribution in [2.24, 2.45) is 0 Å². The van der Waals surface area contributed by atoms with Crippen molar-refractivity contribution >= 4 is 26.9 Å². The van der Waals surface area contributed by atoms with Crippen molar-refractivity contribution in [2.45, 2.75) is 6.92 Å². The Morgan fingerprint density at radius 3 is 2.26 bits per heavy atom. The maximum Gasteiger partial charge on any atom is 0.267 e. The van der Waals surface area contributed by atoms with Gasteiger partial charge in [0.15, 0.2) is 11.9 Å². The summed E-state index contributed by atoms with van der Waals surface area (Å²) in [5.74, 6) is 0. The van der Waals surface area contributed by atoms with Crippen LogP contribution in [0.15, 0.2) is 41.9 Å². The molecule has 0 saturated carbocycles. The van der Waals surface area contributed by atoms with Crippen LogP contribution in [0.5, 0.6) is 0 Å². The standard InChI is InChI=1S/C12H10NS.ClHO4/c1-9-8-14-12-6-10-4-2-3-5-11(10)7-13(9)12;2-1(3,4)5/h2-8H,1H3;(H,2,3,4,5)/q+1;/p-1. The van der Waals surface area contributed by atoms with Gasteiger partial charge in [0.05, 0.1) is 5.38 Å². The van der Waals surface area contributed by atoms with Crippen LogP contribution in [0, 0.1) is 17.2 Å². The van der Waals surface area contributed by atoms with Crippen molar-refractivity contribution in [3.05, 3.63) is 47.6 Å². The zero-order valence-corrected chi connectivity index (χ0v) is 11.5. The van der Waals surface area contributed by atoms with Crippen molar-refractivity contribution in [3.8, 4) is 0 Å². The Morgan fingerprint density at radius 2 is 1.63 bits per heavy atom. The molecule has 0 saturated heterocycles. The molecule has 0 fully saturated rings. The molecule has 0 aliphatic rings. The highest BCUT2D eigenvalue weighted by Crippen LogP contribution is 2.17. The molecule has 19 heavy (non-hydrogen) atoms. The number of benzene rings is 1. The van der Waals surface area contributed by atoms with Crippen molar-refractivity contribution in [2.75, 3.05) is 0 Å². The Kier molecular flexibility index (Phi) is 4.00. The molecule has 1 aromatic carbocycles. The summed E-state index contributed by atoms with van der Waals surface area (Å²) in [5.41, 5.74) is 1.30. The van der Waals surface area contributed by atoms with Crippen LogP contribution in [-0.2, 0) is 0 Å². The van der Waals surface area contributed by atoms with E-state index in [1.54, 1.807) is 11.3 Å². The number of pyridine rings is 1. The number of thiazole rings is 1. The smallest absolute Gasteiger partial charge is 0.222 e. The SMILES string of the molecule is Cc1csc2cc3ccccc3c[n+]12.[O-][Cl+3]([O-])([O-])[O-]. The summed E-state index contributed by atoms with van der Waals surface area (Å²) in [6.07, 6.45) is 2.20. The Hall–Kier alpha value is -1.28. The monoisotopic (exact) mass is 299 g/mol. The van der Waals surface area contributed by atoms with E-state index < -0.39 is 10.2 Å². The molecule has 0 amide bonds. The van der Waals surface area contributed by atoms with Crippen molar-refractivity contribution in [3.63, 3.8) is 0 Å². The summed E-state index contributed by atoms with van der Waals surface area (Å²) in [7, 11) is -4.94. The molecule has 2 aromatic heterocycles. The average molecular weight is 300 g/mol. The van der Waals surface area contributed by atoms with Crippen molar-refractivity contribution in [1.29, 1.82) is 0 Å². The number of rotatable bonds is 0. The predicted molar refractivity (Wildman–Crippen MR) is 59.7 cm³/mol. The Balaban J connectivity index is 0.000000232. The third-order valence-electron chi connectivity index (χ3n) is 2.51. The summed E-state index contributed by atoms with van der Waals surface area (Å²) in [6, 6.07) is 10.7. The molecular weight excluding hydrogens is 290 g/mol. The van der Waals surface area contributed by atoms with E-state index in [0.29, 0.717) is 0 Å². The lowest BCUT2D eigenvalue weighted by Gasteiger charge is -2.17. The highest BCUT2D eigenvalue weighted by Gasteiger charge is 2.09.